The minimum atomic E-state index is -4.96. The van der Waals surface area contributed by atoms with Crippen LogP contribution in [0.5, 0.6) is 0 Å². The van der Waals surface area contributed by atoms with Gasteiger partial charge in [-0.05, 0) is 43.4 Å². The Morgan fingerprint density at radius 1 is 0.262 bits per heavy atom. The van der Waals surface area contributed by atoms with Gasteiger partial charge in [-0.3, -0.25) is 37.3 Å². The van der Waals surface area contributed by atoms with E-state index in [9.17, 15) is 43.2 Å². The number of phosphoric ester groups is 2. The van der Waals surface area contributed by atoms with Gasteiger partial charge in [-0.25, -0.2) is 9.13 Å². The van der Waals surface area contributed by atoms with Crippen molar-refractivity contribution in [1.82, 2.24) is 0 Å². The van der Waals surface area contributed by atoms with Crippen molar-refractivity contribution in [2.24, 2.45) is 17.8 Å². The highest BCUT2D eigenvalue weighted by Gasteiger charge is 2.30. The summed E-state index contributed by atoms with van der Waals surface area (Å²) < 4.78 is 68.9. The van der Waals surface area contributed by atoms with Crippen LogP contribution in [0.4, 0.5) is 0 Å². The second-order valence-electron chi connectivity index (χ2n) is 31.6. The van der Waals surface area contributed by atoms with Crippen LogP contribution < -0.4 is 0 Å². The van der Waals surface area contributed by atoms with E-state index in [0.29, 0.717) is 25.7 Å². The zero-order valence-corrected chi connectivity index (χ0v) is 69.6. The molecule has 17 nitrogen and oxygen atoms in total. The molecule has 3 N–H and O–H groups in total. The molecule has 0 radical (unpaired) electrons. The Balaban J connectivity index is 5.26. The second-order valence-corrected chi connectivity index (χ2v) is 34.6. The molecule has 0 saturated heterocycles. The van der Waals surface area contributed by atoms with Crippen molar-refractivity contribution in [2.75, 3.05) is 39.6 Å². The fourth-order valence-corrected chi connectivity index (χ4v) is 14.6. The van der Waals surface area contributed by atoms with Crippen molar-refractivity contribution in [1.29, 1.82) is 0 Å². The SMILES string of the molecule is CCCCCCCCCCCCCCCCCCCCCC(=O)O[C@H](COC(=O)CCCCCCCCCCCCCCCCC(C)C)COP(=O)(O)OC[C@@H](O)COP(=O)(O)OC[C@@H](COC(=O)CCCCCCCCCCCC(C)C)OC(=O)CCCCCCCCCCCCCCC(C)C. The van der Waals surface area contributed by atoms with Crippen LogP contribution in [0.25, 0.3) is 0 Å². The molecule has 612 valence electrons. The van der Waals surface area contributed by atoms with E-state index in [1.54, 1.807) is 0 Å². The zero-order valence-electron chi connectivity index (χ0n) is 67.8. The molecule has 0 rings (SSSR count). The van der Waals surface area contributed by atoms with Gasteiger partial charge in [0.05, 0.1) is 26.4 Å². The molecular formula is C84H164O17P2. The highest BCUT2D eigenvalue weighted by atomic mass is 31.2. The number of esters is 4. The first-order chi connectivity index (χ1) is 49.7. The van der Waals surface area contributed by atoms with Gasteiger partial charge < -0.3 is 33.8 Å². The van der Waals surface area contributed by atoms with Crippen molar-refractivity contribution in [2.45, 2.75) is 458 Å². The summed E-state index contributed by atoms with van der Waals surface area (Å²) in [6.45, 7) is 12.0. The molecule has 19 heteroatoms. The van der Waals surface area contributed by atoms with Crippen LogP contribution in [-0.4, -0.2) is 96.7 Å². The number of carbonyl (C=O) groups excluding carboxylic acids is 4. The number of hydrogen-bond donors (Lipinski definition) is 3. The Kier molecular flexibility index (Phi) is 72.8. The predicted molar refractivity (Wildman–Crippen MR) is 423 cm³/mol. The monoisotopic (exact) mass is 1510 g/mol. The number of aliphatic hydroxyl groups excluding tert-OH is 1. The van der Waals surface area contributed by atoms with Crippen LogP contribution in [0.1, 0.15) is 440 Å². The highest BCUT2D eigenvalue weighted by molar-refractivity contribution is 7.47. The van der Waals surface area contributed by atoms with E-state index in [0.717, 1.165) is 108 Å². The Morgan fingerprint density at radius 2 is 0.447 bits per heavy atom. The van der Waals surface area contributed by atoms with E-state index in [-0.39, 0.29) is 25.7 Å². The second kappa shape index (κ2) is 74.2. The topological polar surface area (TPSA) is 237 Å². The molecule has 0 saturated carbocycles. The van der Waals surface area contributed by atoms with Crippen molar-refractivity contribution >= 4 is 39.5 Å². The predicted octanol–water partition coefficient (Wildman–Crippen LogP) is 25.3. The number of phosphoric acid groups is 2. The molecule has 0 amide bonds. The molecule has 103 heavy (non-hydrogen) atoms. The number of unbranched alkanes of at least 4 members (excludes halogenated alkanes) is 50. The van der Waals surface area contributed by atoms with Gasteiger partial charge in [0.15, 0.2) is 12.2 Å². The van der Waals surface area contributed by atoms with Crippen LogP contribution in [0, 0.1) is 17.8 Å². The molecule has 0 spiro atoms. The van der Waals surface area contributed by atoms with E-state index in [2.05, 4.69) is 48.5 Å². The summed E-state index contributed by atoms with van der Waals surface area (Å²) in [5.74, 6) is 0.213. The minimum Gasteiger partial charge on any atom is -0.462 e. The molecule has 0 bridgehead atoms. The molecule has 5 atom stereocenters. The van der Waals surface area contributed by atoms with Crippen LogP contribution in [-0.2, 0) is 65.4 Å². The number of hydrogen-bond acceptors (Lipinski definition) is 15. The molecule has 2 unspecified atom stereocenters. The molecule has 0 aromatic carbocycles. The van der Waals surface area contributed by atoms with Gasteiger partial charge in [-0.1, -0.05) is 389 Å². The van der Waals surface area contributed by atoms with Crippen LogP contribution in [0.2, 0.25) is 0 Å². The third-order valence-corrected chi connectivity index (χ3v) is 21.5. The van der Waals surface area contributed by atoms with Gasteiger partial charge in [0.2, 0.25) is 0 Å². The third-order valence-electron chi connectivity index (χ3n) is 19.6. The smallest absolute Gasteiger partial charge is 0.462 e. The van der Waals surface area contributed by atoms with Gasteiger partial charge in [0, 0.05) is 25.7 Å². The highest BCUT2D eigenvalue weighted by Crippen LogP contribution is 2.45. The molecule has 0 aliphatic rings. The molecule has 0 fully saturated rings. The lowest BCUT2D eigenvalue weighted by molar-refractivity contribution is -0.161. The summed E-state index contributed by atoms with van der Waals surface area (Å²) in [6.07, 6.45) is 63.8. The lowest BCUT2D eigenvalue weighted by atomic mass is 10.0. The van der Waals surface area contributed by atoms with Gasteiger partial charge in [0.1, 0.15) is 19.3 Å². The van der Waals surface area contributed by atoms with Gasteiger partial charge in [0.25, 0.3) is 0 Å². The first-order valence-electron chi connectivity index (χ1n) is 43.3. The first-order valence-corrected chi connectivity index (χ1v) is 46.3. The maximum atomic E-state index is 13.1. The Bertz CT molecular complexity index is 1990. The quantitative estimate of drug-likeness (QED) is 0.0222. The average molecular weight is 1510 g/mol. The van der Waals surface area contributed by atoms with E-state index < -0.39 is 97.5 Å². The van der Waals surface area contributed by atoms with Crippen molar-refractivity contribution in [3.05, 3.63) is 0 Å². The fourth-order valence-electron chi connectivity index (χ4n) is 13.0. The van der Waals surface area contributed by atoms with Gasteiger partial charge in [-0.15, -0.1) is 0 Å². The van der Waals surface area contributed by atoms with Crippen molar-refractivity contribution < 1.29 is 80.2 Å². The van der Waals surface area contributed by atoms with Crippen molar-refractivity contribution in [3.8, 4) is 0 Å². The number of rotatable bonds is 82. The largest absolute Gasteiger partial charge is 0.472 e. The van der Waals surface area contributed by atoms with Crippen molar-refractivity contribution in [3.63, 3.8) is 0 Å². The molecular weight excluding hydrogens is 1340 g/mol. The minimum absolute atomic E-state index is 0.107. The summed E-state index contributed by atoms with van der Waals surface area (Å²) >= 11 is 0. The molecule has 0 aromatic rings. The zero-order chi connectivity index (χ0) is 75.8. The lowest BCUT2D eigenvalue weighted by Crippen LogP contribution is -2.30. The van der Waals surface area contributed by atoms with E-state index in [1.807, 2.05) is 0 Å². The molecule has 0 aliphatic carbocycles. The molecule has 0 aliphatic heterocycles. The maximum absolute atomic E-state index is 13.1. The van der Waals surface area contributed by atoms with E-state index in [1.165, 1.54) is 250 Å². The number of carbonyl (C=O) groups is 4. The van der Waals surface area contributed by atoms with Gasteiger partial charge >= 0.3 is 39.5 Å². The molecule has 0 aromatic heterocycles. The summed E-state index contributed by atoms with van der Waals surface area (Å²) in [6, 6.07) is 0. The van der Waals surface area contributed by atoms with E-state index >= 15 is 0 Å². The first kappa shape index (κ1) is 101. The van der Waals surface area contributed by atoms with E-state index in [4.69, 9.17) is 37.0 Å². The summed E-state index contributed by atoms with van der Waals surface area (Å²) in [5, 5.41) is 10.7. The normalized spacial score (nSPS) is 13.9. The van der Waals surface area contributed by atoms with Crippen LogP contribution in [0.15, 0.2) is 0 Å². The lowest BCUT2D eigenvalue weighted by Gasteiger charge is -2.21. The number of ether oxygens (including phenoxy) is 4. The summed E-state index contributed by atoms with van der Waals surface area (Å²) in [5.41, 5.74) is 0. The van der Waals surface area contributed by atoms with Crippen LogP contribution in [0.3, 0.4) is 0 Å². The standard InChI is InChI=1S/C84H164O17P2/c1-8-9-10-11-12-13-14-15-16-17-18-19-20-25-31-38-46-53-60-67-83(88)100-79(71-94-81(86)65-58-51-44-37-30-24-22-21-23-28-34-41-48-55-62-75(2)3)73-98-102(90,91)96-69-78(85)70-97-103(92,93)99-74-80(72-95-82(87)66-59-52-45-40-33-36-43-50-57-64-77(6)7)101-84(89)68-61-54-47-39-32-27-26-29-35-42-49-56-63-76(4)5/h75-80,85H,8-74H2,1-7H3,(H,90,91)(H,92,93)/t78-,79-,80-/m1/s1. The Hall–Kier alpha value is -1.94. The van der Waals surface area contributed by atoms with Crippen LogP contribution >= 0.6 is 15.6 Å². The maximum Gasteiger partial charge on any atom is 0.472 e. The number of aliphatic hydroxyl groups is 1. The Labute approximate surface area is 632 Å². The summed E-state index contributed by atoms with van der Waals surface area (Å²) in [4.78, 5) is 73.2. The molecule has 0 heterocycles. The third kappa shape index (κ3) is 78.0. The Morgan fingerprint density at radius 3 is 0.660 bits per heavy atom. The summed E-state index contributed by atoms with van der Waals surface area (Å²) in [7, 11) is -9.93. The average Bonchev–Trinajstić information content (AvgIpc) is 0.908. The fraction of sp³-hybridized carbons (Fsp3) is 0.952. The van der Waals surface area contributed by atoms with Gasteiger partial charge in [-0.2, -0.15) is 0 Å².